The molecule has 1 N–H and O–H groups in total. The van der Waals surface area contributed by atoms with Crippen molar-refractivity contribution in [1.82, 2.24) is 14.8 Å². The molecule has 19 heavy (non-hydrogen) atoms. The Labute approximate surface area is 123 Å². The van der Waals surface area contributed by atoms with E-state index in [1.807, 2.05) is 6.92 Å². The molecule has 2 aromatic rings. The van der Waals surface area contributed by atoms with E-state index in [1.165, 1.54) is 4.68 Å². The van der Waals surface area contributed by atoms with Crippen molar-refractivity contribution in [1.29, 1.82) is 0 Å². The molecule has 0 aliphatic rings. The Hall–Kier alpha value is -1.40. The van der Waals surface area contributed by atoms with Crippen molar-refractivity contribution < 1.29 is 9.90 Å². The van der Waals surface area contributed by atoms with Crippen molar-refractivity contribution in [3.05, 3.63) is 39.2 Å². The number of aromatic carboxylic acids is 1. The summed E-state index contributed by atoms with van der Waals surface area (Å²) in [6.45, 7) is 1.95. The van der Waals surface area contributed by atoms with E-state index in [2.05, 4.69) is 26.0 Å². The molecule has 2 rings (SSSR count). The lowest BCUT2D eigenvalue weighted by molar-refractivity contribution is 0.0696. The number of carboxylic acids is 1. The van der Waals surface area contributed by atoms with Crippen LogP contribution in [0.25, 0.3) is 5.82 Å². The van der Waals surface area contributed by atoms with E-state index in [1.54, 1.807) is 18.3 Å². The van der Waals surface area contributed by atoms with Crippen molar-refractivity contribution in [2.75, 3.05) is 0 Å². The van der Waals surface area contributed by atoms with Crippen LogP contribution in [0.1, 0.15) is 29.4 Å². The van der Waals surface area contributed by atoms with Crippen LogP contribution >= 0.6 is 27.5 Å². The van der Waals surface area contributed by atoms with E-state index >= 15 is 0 Å². The fourth-order valence-corrected chi connectivity index (χ4v) is 2.26. The number of hydrogen-bond donors (Lipinski definition) is 1. The summed E-state index contributed by atoms with van der Waals surface area (Å²) in [6.07, 6.45) is 2.96. The molecule has 0 fully saturated rings. The first-order valence-corrected chi connectivity index (χ1v) is 6.84. The Balaban J connectivity index is 2.55. The Kier molecular flexibility index (Phi) is 4.21. The molecule has 0 aliphatic carbocycles. The molecule has 0 saturated heterocycles. The van der Waals surface area contributed by atoms with Gasteiger partial charge in [-0.1, -0.05) is 24.9 Å². The van der Waals surface area contributed by atoms with Gasteiger partial charge in [-0.15, -0.1) is 0 Å². The summed E-state index contributed by atoms with van der Waals surface area (Å²) in [5.41, 5.74) is 0.526. The average molecular weight is 345 g/mol. The molecule has 0 aromatic carbocycles. The zero-order valence-corrected chi connectivity index (χ0v) is 12.4. The van der Waals surface area contributed by atoms with Crippen LogP contribution < -0.4 is 0 Å². The molecule has 0 unspecified atom stereocenters. The minimum absolute atomic E-state index is 0.0493. The third-order valence-electron chi connectivity index (χ3n) is 2.53. The fourth-order valence-electron chi connectivity index (χ4n) is 1.71. The number of hydrogen-bond acceptors (Lipinski definition) is 3. The maximum atomic E-state index is 11.3. The van der Waals surface area contributed by atoms with E-state index in [4.69, 9.17) is 11.6 Å². The van der Waals surface area contributed by atoms with Gasteiger partial charge >= 0.3 is 5.97 Å². The molecule has 0 aliphatic heterocycles. The molecule has 100 valence electrons. The molecular formula is C12H11BrClN3O2. The summed E-state index contributed by atoms with van der Waals surface area (Å²) in [4.78, 5) is 15.4. The van der Waals surface area contributed by atoms with E-state index in [0.717, 1.165) is 10.9 Å². The van der Waals surface area contributed by atoms with Gasteiger partial charge in [0.05, 0.1) is 5.69 Å². The second-order valence-corrected chi connectivity index (χ2v) is 5.19. The number of carbonyl (C=O) groups is 1. The predicted molar refractivity (Wildman–Crippen MR) is 75.0 cm³/mol. The fraction of sp³-hybridized carbons (Fsp3) is 0.250. The monoisotopic (exact) mass is 343 g/mol. The van der Waals surface area contributed by atoms with E-state index in [-0.39, 0.29) is 10.7 Å². The quantitative estimate of drug-likeness (QED) is 0.923. The van der Waals surface area contributed by atoms with Crippen LogP contribution in [-0.4, -0.2) is 25.8 Å². The minimum Gasteiger partial charge on any atom is -0.478 e. The summed E-state index contributed by atoms with van der Waals surface area (Å²) >= 11 is 9.39. The highest BCUT2D eigenvalue weighted by atomic mass is 79.9. The number of aryl methyl sites for hydroxylation is 1. The summed E-state index contributed by atoms with van der Waals surface area (Å²) in [5.74, 6) is -0.588. The molecule has 2 aromatic heterocycles. The van der Waals surface area contributed by atoms with Gasteiger partial charge in [0.15, 0.2) is 5.82 Å². The summed E-state index contributed by atoms with van der Waals surface area (Å²) in [7, 11) is 0. The van der Waals surface area contributed by atoms with Crippen LogP contribution in [-0.2, 0) is 6.42 Å². The SMILES string of the molecule is CCCc1nn(-c2ccc(Br)cn2)c(Cl)c1C(=O)O. The Morgan fingerprint density at radius 1 is 1.53 bits per heavy atom. The van der Waals surface area contributed by atoms with Gasteiger partial charge in [-0.3, -0.25) is 0 Å². The minimum atomic E-state index is -1.07. The van der Waals surface area contributed by atoms with E-state index in [9.17, 15) is 9.90 Å². The first kappa shape index (κ1) is 14.0. The number of rotatable bonds is 4. The summed E-state index contributed by atoms with van der Waals surface area (Å²) < 4.78 is 2.18. The predicted octanol–water partition coefficient (Wildman–Crippen LogP) is 3.33. The number of halogens is 2. The van der Waals surface area contributed by atoms with Gasteiger partial charge in [0.2, 0.25) is 0 Å². The van der Waals surface area contributed by atoms with Crippen LogP contribution in [0.2, 0.25) is 5.15 Å². The first-order chi connectivity index (χ1) is 9.04. The smallest absolute Gasteiger partial charge is 0.340 e. The summed E-state index contributed by atoms with van der Waals surface area (Å²) in [5, 5.41) is 13.5. The molecule has 0 saturated carbocycles. The Morgan fingerprint density at radius 3 is 2.79 bits per heavy atom. The van der Waals surface area contributed by atoms with Gasteiger partial charge in [-0.05, 0) is 34.5 Å². The van der Waals surface area contributed by atoms with Crippen LogP contribution in [0, 0.1) is 0 Å². The molecule has 0 radical (unpaired) electrons. The molecule has 0 amide bonds. The summed E-state index contributed by atoms with van der Waals surface area (Å²) in [6, 6.07) is 3.50. The molecule has 5 nitrogen and oxygen atoms in total. The van der Waals surface area contributed by atoms with E-state index < -0.39 is 5.97 Å². The molecular weight excluding hydrogens is 334 g/mol. The average Bonchev–Trinajstić information content (AvgIpc) is 2.68. The maximum absolute atomic E-state index is 11.3. The number of aromatic nitrogens is 3. The van der Waals surface area contributed by atoms with Crippen LogP contribution in [0.15, 0.2) is 22.8 Å². The lowest BCUT2D eigenvalue weighted by Crippen LogP contribution is -2.01. The van der Waals surface area contributed by atoms with Crippen molar-refractivity contribution in [3.63, 3.8) is 0 Å². The van der Waals surface area contributed by atoms with Crippen molar-refractivity contribution in [2.45, 2.75) is 19.8 Å². The van der Waals surface area contributed by atoms with Crippen molar-refractivity contribution in [3.8, 4) is 5.82 Å². The largest absolute Gasteiger partial charge is 0.478 e. The van der Waals surface area contributed by atoms with Gasteiger partial charge in [0.1, 0.15) is 10.7 Å². The molecule has 2 heterocycles. The van der Waals surface area contributed by atoms with Crippen molar-refractivity contribution >= 4 is 33.5 Å². The Morgan fingerprint density at radius 2 is 2.26 bits per heavy atom. The number of carboxylic acid groups (broad SMARTS) is 1. The second-order valence-electron chi connectivity index (χ2n) is 3.91. The second kappa shape index (κ2) is 5.71. The third-order valence-corrected chi connectivity index (χ3v) is 3.35. The number of nitrogens with zero attached hydrogens (tertiary/aromatic N) is 3. The Bertz CT molecular complexity index is 610. The topological polar surface area (TPSA) is 68.0 Å². The maximum Gasteiger partial charge on any atom is 0.340 e. The van der Waals surface area contributed by atoms with Gasteiger partial charge in [-0.25, -0.2) is 14.5 Å². The van der Waals surface area contributed by atoms with Gasteiger partial charge in [0, 0.05) is 10.7 Å². The van der Waals surface area contributed by atoms with Gasteiger partial charge < -0.3 is 5.11 Å². The molecule has 0 bridgehead atoms. The highest BCUT2D eigenvalue weighted by Crippen LogP contribution is 2.24. The highest BCUT2D eigenvalue weighted by Gasteiger charge is 2.22. The highest BCUT2D eigenvalue weighted by molar-refractivity contribution is 9.10. The van der Waals surface area contributed by atoms with Crippen LogP contribution in [0.5, 0.6) is 0 Å². The molecule has 0 atom stereocenters. The molecule has 0 spiro atoms. The first-order valence-electron chi connectivity index (χ1n) is 5.67. The van der Waals surface area contributed by atoms with Gasteiger partial charge in [0.25, 0.3) is 0 Å². The van der Waals surface area contributed by atoms with E-state index in [0.29, 0.717) is 17.9 Å². The standard InChI is InChI=1S/C12H11BrClN3O2/c1-2-3-8-10(12(18)19)11(14)17(16-8)9-5-4-7(13)6-15-9/h4-6H,2-3H2,1H3,(H,18,19). The third kappa shape index (κ3) is 2.79. The van der Waals surface area contributed by atoms with Crippen LogP contribution in [0.4, 0.5) is 0 Å². The zero-order chi connectivity index (χ0) is 14.0. The normalized spacial score (nSPS) is 10.7. The van der Waals surface area contributed by atoms with Crippen molar-refractivity contribution in [2.24, 2.45) is 0 Å². The molecule has 7 heteroatoms. The van der Waals surface area contributed by atoms with Gasteiger partial charge in [-0.2, -0.15) is 5.10 Å². The zero-order valence-electron chi connectivity index (χ0n) is 10.1. The lowest BCUT2D eigenvalue weighted by atomic mass is 10.2. The number of pyridine rings is 1. The lowest BCUT2D eigenvalue weighted by Gasteiger charge is -2.01. The van der Waals surface area contributed by atoms with Crippen LogP contribution in [0.3, 0.4) is 0 Å².